The zero-order valence-corrected chi connectivity index (χ0v) is 12.1. The first-order chi connectivity index (χ1) is 9.00. The Labute approximate surface area is 114 Å². The van der Waals surface area contributed by atoms with Crippen molar-refractivity contribution in [1.82, 2.24) is 0 Å². The van der Waals surface area contributed by atoms with Gasteiger partial charge in [0, 0.05) is 20.6 Å². The van der Waals surface area contributed by atoms with Crippen molar-refractivity contribution in [2.24, 2.45) is 0 Å². The highest BCUT2D eigenvalue weighted by Gasteiger charge is 2.23. The standard InChI is InChI=1S/C15H22O4/c1-15(2,18-4)11-13(16)12-7-5-6-8-14(12)19-10-9-17-3/h5-8H,9-11H2,1-4H3. The summed E-state index contributed by atoms with van der Waals surface area (Å²) in [5.74, 6) is 0.608. The molecule has 0 aliphatic heterocycles. The molecule has 0 N–H and O–H groups in total. The molecule has 0 saturated carbocycles. The molecule has 0 saturated heterocycles. The van der Waals surface area contributed by atoms with Crippen LogP contribution in [-0.2, 0) is 9.47 Å². The van der Waals surface area contributed by atoms with Gasteiger partial charge < -0.3 is 14.2 Å². The smallest absolute Gasteiger partial charge is 0.169 e. The molecule has 0 aliphatic carbocycles. The first-order valence-corrected chi connectivity index (χ1v) is 6.29. The van der Waals surface area contributed by atoms with Crippen LogP contribution < -0.4 is 4.74 Å². The van der Waals surface area contributed by atoms with Crippen LogP contribution in [0.25, 0.3) is 0 Å². The molecule has 19 heavy (non-hydrogen) atoms. The van der Waals surface area contributed by atoms with Crippen molar-refractivity contribution in [2.75, 3.05) is 27.4 Å². The van der Waals surface area contributed by atoms with Gasteiger partial charge in [-0.1, -0.05) is 12.1 Å². The molecule has 0 atom stereocenters. The van der Waals surface area contributed by atoms with Crippen LogP contribution in [0.2, 0.25) is 0 Å². The molecular weight excluding hydrogens is 244 g/mol. The van der Waals surface area contributed by atoms with Gasteiger partial charge in [0.15, 0.2) is 5.78 Å². The van der Waals surface area contributed by atoms with Gasteiger partial charge in [-0.3, -0.25) is 4.79 Å². The SMILES string of the molecule is COCCOc1ccccc1C(=O)CC(C)(C)OC. The van der Waals surface area contributed by atoms with E-state index in [1.54, 1.807) is 26.4 Å². The fourth-order valence-corrected chi connectivity index (χ4v) is 1.61. The average Bonchev–Trinajstić information content (AvgIpc) is 2.39. The molecule has 0 fully saturated rings. The first-order valence-electron chi connectivity index (χ1n) is 6.29. The molecule has 1 rings (SSSR count). The van der Waals surface area contributed by atoms with E-state index in [0.29, 0.717) is 30.9 Å². The van der Waals surface area contributed by atoms with E-state index < -0.39 is 5.60 Å². The Morgan fingerprint density at radius 1 is 1.16 bits per heavy atom. The number of benzene rings is 1. The molecule has 0 aromatic heterocycles. The molecule has 0 amide bonds. The molecule has 0 unspecified atom stereocenters. The zero-order chi connectivity index (χ0) is 14.3. The number of ether oxygens (including phenoxy) is 3. The van der Waals surface area contributed by atoms with Crippen molar-refractivity contribution in [3.05, 3.63) is 29.8 Å². The van der Waals surface area contributed by atoms with Crippen LogP contribution in [0, 0.1) is 0 Å². The molecule has 1 aromatic carbocycles. The van der Waals surface area contributed by atoms with Crippen molar-refractivity contribution in [3.63, 3.8) is 0 Å². The normalized spacial score (nSPS) is 11.4. The molecule has 0 radical (unpaired) electrons. The number of rotatable bonds is 8. The molecule has 0 aliphatic rings. The van der Waals surface area contributed by atoms with Crippen LogP contribution >= 0.6 is 0 Å². The second kappa shape index (κ2) is 7.26. The van der Waals surface area contributed by atoms with Crippen LogP contribution in [-0.4, -0.2) is 38.8 Å². The predicted octanol–water partition coefficient (Wildman–Crippen LogP) is 2.71. The van der Waals surface area contributed by atoms with E-state index in [1.807, 2.05) is 26.0 Å². The van der Waals surface area contributed by atoms with Gasteiger partial charge in [0.25, 0.3) is 0 Å². The van der Waals surface area contributed by atoms with Gasteiger partial charge in [-0.05, 0) is 26.0 Å². The molecule has 1 aromatic rings. The zero-order valence-electron chi connectivity index (χ0n) is 12.1. The number of para-hydroxylation sites is 1. The van der Waals surface area contributed by atoms with Crippen molar-refractivity contribution < 1.29 is 19.0 Å². The lowest BCUT2D eigenvalue weighted by Gasteiger charge is -2.22. The highest BCUT2D eigenvalue weighted by Crippen LogP contribution is 2.23. The molecule has 0 bridgehead atoms. The number of Topliss-reactive ketones (excluding diaryl/α,β-unsaturated/α-hetero) is 1. The second-order valence-electron chi connectivity index (χ2n) is 4.90. The third kappa shape index (κ3) is 5.01. The van der Waals surface area contributed by atoms with Crippen molar-refractivity contribution in [2.45, 2.75) is 25.9 Å². The molecule has 0 spiro atoms. The highest BCUT2D eigenvalue weighted by molar-refractivity contribution is 5.99. The topological polar surface area (TPSA) is 44.8 Å². The van der Waals surface area contributed by atoms with E-state index in [1.165, 1.54) is 0 Å². The van der Waals surface area contributed by atoms with Gasteiger partial charge in [0.1, 0.15) is 12.4 Å². The van der Waals surface area contributed by atoms with Gasteiger partial charge in [-0.15, -0.1) is 0 Å². The van der Waals surface area contributed by atoms with Crippen LogP contribution in [0.4, 0.5) is 0 Å². The molecule has 4 nitrogen and oxygen atoms in total. The van der Waals surface area contributed by atoms with Crippen LogP contribution in [0.1, 0.15) is 30.6 Å². The van der Waals surface area contributed by atoms with Crippen LogP contribution in [0.15, 0.2) is 24.3 Å². The minimum Gasteiger partial charge on any atom is -0.490 e. The largest absolute Gasteiger partial charge is 0.490 e. The third-order valence-corrected chi connectivity index (χ3v) is 2.87. The van der Waals surface area contributed by atoms with Gasteiger partial charge in [-0.25, -0.2) is 0 Å². The predicted molar refractivity (Wildman–Crippen MR) is 73.8 cm³/mol. The Morgan fingerprint density at radius 3 is 2.47 bits per heavy atom. The maximum Gasteiger partial charge on any atom is 0.169 e. The highest BCUT2D eigenvalue weighted by atomic mass is 16.5. The Bertz CT molecular complexity index is 412. The van der Waals surface area contributed by atoms with E-state index in [2.05, 4.69) is 0 Å². The summed E-state index contributed by atoms with van der Waals surface area (Å²) in [5, 5.41) is 0. The fraction of sp³-hybridized carbons (Fsp3) is 0.533. The molecule has 4 heteroatoms. The lowest BCUT2D eigenvalue weighted by molar-refractivity contribution is 0.0171. The summed E-state index contributed by atoms with van der Waals surface area (Å²) >= 11 is 0. The minimum atomic E-state index is -0.475. The van der Waals surface area contributed by atoms with E-state index in [0.717, 1.165) is 0 Å². The number of hydrogen-bond donors (Lipinski definition) is 0. The second-order valence-corrected chi connectivity index (χ2v) is 4.90. The van der Waals surface area contributed by atoms with Crippen molar-refractivity contribution >= 4 is 5.78 Å². The van der Waals surface area contributed by atoms with Crippen molar-refractivity contribution in [3.8, 4) is 5.75 Å². The summed E-state index contributed by atoms with van der Waals surface area (Å²) in [6.07, 6.45) is 0.314. The average molecular weight is 266 g/mol. The van der Waals surface area contributed by atoms with E-state index in [4.69, 9.17) is 14.2 Å². The number of methoxy groups -OCH3 is 2. The van der Waals surface area contributed by atoms with E-state index in [-0.39, 0.29) is 5.78 Å². The van der Waals surface area contributed by atoms with Crippen molar-refractivity contribution in [1.29, 1.82) is 0 Å². The lowest BCUT2D eigenvalue weighted by Crippen LogP contribution is -2.26. The molecular formula is C15H22O4. The van der Waals surface area contributed by atoms with Gasteiger partial charge in [0.2, 0.25) is 0 Å². The summed E-state index contributed by atoms with van der Waals surface area (Å²) in [7, 11) is 3.22. The Hall–Kier alpha value is -1.39. The third-order valence-electron chi connectivity index (χ3n) is 2.87. The summed E-state index contributed by atoms with van der Waals surface area (Å²) in [5.41, 5.74) is 0.111. The molecule has 106 valence electrons. The van der Waals surface area contributed by atoms with Crippen LogP contribution in [0.5, 0.6) is 5.75 Å². The number of carbonyl (C=O) groups is 1. The summed E-state index contributed by atoms with van der Waals surface area (Å²) in [6.45, 7) is 4.69. The van der Waals surface area contributed by atoms with Gasteiger partial charge in [-0.2, -0.15) is 0 Å². The Kier molecular flexibility index (Phi) is 5.99. The number of hydrogen-bond acceptors (Lipinski definition) is 4. The van der Waals surface area contributed by atoms with Gasteiger partial charge >= 0.3 is 0 Å². The monoisotopic (exact) mass is 266 g/mol. The maximum atomic E-state index is 12.3. The summed E-state index contributed by atoms with van der Waals surface area (Å²) < 4.78 is 15.8. The van der Waals surface area contributed by atoms with Crippen LogP contribution in [0.3, 0.4) is 0 Å². The van der Waals surface area contributed by atoms with E-state index in [9.17, 15) is 4.79 Å². The summed E-state index contributed by atoms with van der Waals surface area (Å²) in [6, 6.07) is 7.25. The fourth-order valence-electron chi connectivity index (χ4n) is 1.61. The number of carbonyl (C=O) groups excluding carboxylic acids is 1. The van der Waals surface area contributed by atoms with Gasteiger partial charge in [0.05, 0.1) is 17.8 Å². The maximum absolute atomic E-state index is 12.3. The Morgan fingerprint density at radius 2 is 1.84 bits per heavy atom. The molecule has 0 heterocycles. The quantitative estimate of drug-likeness (QED) is 0.536. The number of ketones is 1. The minimum absolute atomic E-state index is 0.0138. The Balaban J connectivity index is 2.78. The summed E-state index contributed by atoms with van der Waals surface area (Å²) in [4.78, 5) is 12.3. The lowest BCUT2D eigenvalue weighted by atomic mass is 9.97. The van der Waals surface area contributed by atoms with E-state index >= 15 is 0 Å². The first kappa shape index (κ1) is 15.7.